The SMILES string of the molecule is CC1CCCC2(CSC(NC3(C)CCOC3)=N2)C1. The number of ether oxygens (including phenoxy) is 1. The molecule has 2 aliphatic heterocycles. The van der Waals surface area contributed by atoms with Gasteiger partial charge in [-0.05, 0) is 32.1 Å². The van der Waals surface area contributed by atoms with Crippen molar-refractivity contribution in [3.05, 3.63) is 0 Å². The van der Waals surface area contributed by atoms with Gasteiger partial charge in [0.1, 0.15) is 0 Å². The molecule has 3 unspecified atom stereocenters. The Balaban J connectivity index is 1.67. The molecule has 0 radical (unpaired) electrons. The number of hydrogen-bond donors (Lipinski definition) is 1. The van der Waals surface area contributed by atoms with Crippen LogP contribution in [0.15, 0.2) is 4.99 Å². The van der Waals surface area contributed by atoms with Gasteiger partial charge in [0.2, 0.25) is 0 Å². The van der Waals surface area contributed by atoms with Crippen LogP contribution in [0.4, 0.5) is 0 Å². The fourth-order valence-corrected chi connectivity index (χ4v) is 4.74. The van der Waals surface area contributed by atoms with Gasteiger partial charge in [0.25, 0.3) is 0 Å². The van der Waals surface area contributed by atoms with E-state index in [0.29, 0.717) is 0 Å². The van der Waals surface area contributed by atoms with Gasteiger partial charge >= 0.3 is 0 Å². The summed E-state index contributed by atoms with van der Waals surface area (Å²) < 4.78 is 5.50. The molecular weight excluding hydrogens is 244 g/mol. The van der Waals surface area contributed by atoms with Gasteiger partial charge in [-0.15, -0.1) is 0 Å². The first-order valence-electron chi connectivity index (χ1n) is 7.18. The van der Waals surface area contributed by atoms with Gasteiger partial charge in [-0.25, -0.2) is 0 Å². The molecule has 0 aromatic rings. The lowest BCUT2D eigenvalue weighted by atomic mass is 9.78. The van der Waals surface area contributed by atoms with Crippen LogP contribution in [0.3, 0.4) is 0 Å². The third kappa shape index (κ3) is 2.55. The van der Waals surface area contributed by atoms with Crippen molar-refractivity contribution in [1.82, 2.24) is 5.32 Å². The largest absolute Gasteiger partial charge is 0.379 e. The van der Waals surface area contributed by atoms with E-state index < -0.39 is 0 Å². The normalized spacial score (nSPS) is 44.3. The van der Waals surface area contributed by atoms with E-state index in [0.717, 1.165) is 30.7 Å². The molecule has 0 bridgehead atoms. The number of aliphatic imine (C=N–C) groups is 1. The average molecular weight is 268 g/mol. The van der Waals surface area contributed by atoms with E-state index in [1.807, 2.05) is 11.8 Å². The van der Waals surface area contributed by atoms with E-state index in [2.05, 4.69) is 19.2 Å². The van der Waals surface area contributed by atoms with Crippen LogP contribution in [0.1, 0.15) is 46.0 Å². The lowest BCUT2D eigenvalue weighted by Gasteiger charge is -2.33. The predicted octanol–water partition coefficient (Wildman–Crippen LogP) is 2.81. The molecule has 1 aliphatic carbocycles. The minimum absolute atomic E-state index is 0.109. The second-order valence-electron chi connectivity index (χ2n) is 6.62. The van der Waals surface area contributed by atoms with E-state index in [9.17, 15) is 0 Å². The Morgan fingerprint density at radius 1 is 1.44 bits per heavy atom. The zero-order valence-corrected chi connectivity index (χ0v) is 12.3. The summed E-state index contributed by atoms with van der Waals surface area (Å²) >= 11 is 1.92. The summed E-state index contributed by atoms with van der Waals surface area (Å²) in [5.41, 5.74) is 0.359. The van der Waals surface area contributed by atoms with Crippen molar-refractivity contribution in [3.8, 4) is 0 Å². The Hall–Kier alpha value is -0.220. The van der Waals surface area contributed by atoms with Crippen molar-refractivity contribution in [3.63, 3.8) is 0 Å². The van der Waals surface area contributed by atoms with Crippen molar-refractivity contribution in [2.45, 2.75) is 57.0 Å². The van der Waals surface area contributed by atoms with Crippen LogP contribution >= 0.6 is 11.8 Å². The van der Waals surface area contributed by atoms with Gasteiger partial charge in [-0.3, -0.25) is 4.99 Å². The molecule has 4 heteroatoms. The van der Waals surface area contributed by atoms with Gasteiger partial charge in [-0.2, -0.15) is 0 Å². The minimum Gasteiger partial charge on any atom is -0.379 e. The molecule has 1 saturated heterocycles. The van der Waals surface area contributed by atoms with Crippen molar-refractivity contribution in [2.24, 2.45) is 10.9 Å². The molecule has 0 aromatic heterocycles. The molecule has 1 N–H and O–H groups in total. The second-order valence-corrected chi connectivity index (χ2v) is 7.58. The summed E-state index contributed by atoms with van der Waals surface area (Å²) in [4.78, 5) is 5.05. The van der Waals surface area contributed by atoms with E-state index in [4.69, 9.17) is 9.73 Å². The van der Waals surface area contributed by atoms with Crippen LogP contribution in [-0.4, -0.2) is 35.2 Å². The van der Waals surface area contributed by atoms with Crippen LogP contribution in [0, 0.1) is 5.92 Å². The lowest BCUT2D eigenvalue weighted by Crippen LogP contribution is -2.45. The second kappa shape index (κ2) is 4.71. The Morgan fingerprint density at radius 3 is 3.06 bits per heavy atom. The molecule has 3 aliphatic rings. The highest BCUT2D eigenvalue weighted by molar-refractivity contribution is 8.14. The number of nitrogens with one attached hydrogen (secondary N) is 1. The van der Waals surface area contributed by atoms with E-state index in [1.54, 1.807) is 0 Å². The Kier molecular flexibility index (Phi) is 3.35. The summed E-state index contributed by atoms with van der Waals surface area (Å²) in [6.07, 6.45) is 6.38. The quantitative estimate of drug-likeness (QED) is 0.794. The molecule has 0 aromatic carbocycles. The van der Waals surface area contributed by atoms with Crippen molar-refractivity contribution in [2.75, 3.05) is 19.0 Å². The first-order valence-corrected chi connectivity index (χ1v) is 8.16. The van der Waals surface area contributed by atoms with E-state index >= 15 is 0 Å². The van der Waals surface area contributed by atoms with Crippen LogP contribution in [0.2, 0.25) is 0 Å². The molecule has 18 heavy (non-hydrogen) atoms. The number of amidine groups is 1. The smallest absolute Gasteiger partial charge is 0.157 e. The highest BCUT2D eigenvalue weighted by atomic mass is 32.2. The fourth-order valence-electron chi connectivity index (χ4n) is 3.44. The molecule has 0 amide bonds. The molecule has 3 nitrogen and oxygen atoms in total. The molecule has 3 atom stereocenters. The third-order valence-corrected chi connectivity index (χ3v) is 5.66. The van der Waals surface area contributed by atoms with Gasteiger partial charge < -0.3 is 10.1 Å². The number of nitrogens with zero attached hydrogens (tertiary/aromatic N) is 1. The fraction of sp³-hybridized carbons (Fsp3) is 0.929. The van der Waals surface area contributed by atoms with Crippen LogP contribution in [0.5, 0.6) is 0 Å². The standard InChI is InChI=1S/C14H24N2OS/c1-11-4-3-5-14(8-11)10-18-12(16-14)15-13(2)6-7-17-9-13/h11H,3-10H2,1-2H3,(H,15,16). The first-order chi connectivity index (χ1) is 8.59. The summed E-state index contributed by atoms with van der Waals surface area (Å²) in [5.74, 6) is 2.02. The van der Waals surface area contributed by atoms with Gasteiger partial charge in [0, 0.05) is 12.4 Å². The lowest BCUT2D eigenvalue weighted by molar-refractivity contribution is 0.177. The van der Waals surface area contributed by atoms with E-state index in [-0.39, 0.29) is 11.1 Å². The van der Waals surface area contributed by atoms with Gasteiger partial charge in [0.15, 0.2) is 5.17 Å². The number of thioether (sulfide) groups is 1. The Labute approximate surface area is 114 Å². The summed E-state index contributed by atoms with van der Waals surface area (Å²) in [5, 5.41) is 4.79. The molecule has 1 saturated carbocycles. The monoisotopic (exact) mass is 268 g/mol. The van der Waals surface area contributed by atoms with Crippen LogP contribution in [0.25, 0.3) is 0 Å². The maximum Gasteiger partial charge on any atom is 0.157 e. The summed E-state index contributed by atoms with van der Waals surface area (Å²) in [7, 11) is 0. The Morgan fingerprint density at radius 2 is 2.33 bits per heavy atom. The zero-order valence-electron chi connectivity index (χ0n) is 11.5. The molecule has 1 spiro atoms. The molecular formula is C14H24N2OS. The van der Waals surface area contributed by atoms with Crippen molar-refractivity contribution in [1.29, 1.82) is 0 Å². The van der Waals surface area contributed by atoms with Crippen LogP contribution in [-0.2, 0) is 4.74 Å². The van der Waals surface area contributed by atoms with E-state index in [1.165, 1.54) is 31.4 Å². The summed E-state index contributed by atoms with van der Waals surface area (Å²) in [6, 6.07) is 0. The molecule has 2 heterocycles. The number of rotatable bonds is 1. The zero-order chi connectivity index (χ0) is 12.6. The molecule has 102 valence electrons. The minimum atomic E-state index is 0.109. The third-order valence-electron chi connectivity index (χ3n) is 4.51. The molecule has 2 fully saturated rings. The van der Waals surface area contributed by atoms with Crippen LogP contribution < -0.4 is 5.32 Å². The molecule has 3 rings (SSSR count). The van der Waals surface area contributed by atoms with Crippen molar-refractivity contribution < 1.29 is 4.74 Å². The highest BCUT2D eigenvalue weighted by Gasteiger charge is 2.41. The topological polar surface area (TPSA) is 33.6 Å². The Bertz CT molecular complexity index is 352. The predicted molar refractivity (Wildman–Crippen MR) is 77.2 cm³/mol. The van der Waals surface area contributed by atoms with Gasteiger partial charge in [-0.1, -0.05) is 31.5 Å². The maximum atomic E-state index is 5.50. The maximum absolute atomic E-state index is 5.50. The first kappa shape index (κ1) is 12.8. The van der Waals surface area contributed by atoms with Gasteiger partial charge in [0.05, 0.1) is 17.7 Å². The average Bonchev–Trinajstić information content (AvgIpc) is 2.87. The summed E-state index contributed by atoms with van der Waals surface area (Å²) in [6.45, 7) is 6.32. The number of hydrogen-bond acceptors (Lipinski definition) is 4. The van der Waals surface area contributed by atoms with Crippen molar-refractivity contribution >= 4 is 16.9 Å². The highest BCUT2D eigenvalue weighted by Crippen LogP contribution is 2.42.